The Labute approximate surface area is 175 Å². The number of hydrogen-bond donors (Lipinski definition) is 2. The summed E-state index contributed by atoms with van der Waals surface area (Å²) in [6.07, 6.45) is 2.87. The van der Waals surface area contributed by atoms with Gasteiger partial charge in [-0.2, -0.15) is 0 Å². The first-order valence-corrected chi connectivity index (χ1v) is 12.1. The van der Waals surface area contributed by atoms with Crippen molar-refractivity contribution in [2.75, 3.05) is 6.61 Å². The van der Waals surface area contributed by atoms with Gasteiger partial charge in [-0.25, -0.2) is 4.79 Å². The summed E-state index contributed by atoms with van der Waals surface area (Å²) in [6, 6.07) is 21.0. The molecule has 0 aromatic heterocycles. The molecule has 0 aliphatic rings. The van der Waals surface area contributed by atoms with Crippen molar-refractivity contribution in [2.45, 2.75) is 51.1 Å². The molecule has 29 heavy (non-hydrogen) atoms. The van der Waals surface area contributed by atoms with Gasteiger partial charge in [0.05, 0.1) is 0 Å². The molecule has 0 saturated carbocycles. The maximum atomic E-state index is 11.0. The standard InChI is InChI=1S/C24H33NO3Si/c1-5-13-20(25-23(26)27)14-12-19-28-29(24(2,3)4,21-15-8-6-9-16-21)22-17-10-7-11-18-22/h5-11,15-18,20,25H,1,12-14,19H2,2-4H3,(H,26,27). The molecule has 2 rings (SSSR count). The lowest BCUT2D eigenvalue weighted by Crippen LogP contribution is -2.66. The minimum atomic E-state index is -2.53. The smallest absolute Gasteiger partial charge is 0.404 e. The van der Waals surface area contributed by atoms with Crippen LogP contribution in [0.4, 0.5) is 4.79 Å². The third-order valence-electron chi connectivity index (χ3n) is 5.21. The molecule has 0 aliphatic heterocycles. The number of carboxylic acid groups (broad SMARTS) is 1. The minimum Gasteiger partial charge on any atom is -0.465 e. The topological polar surface area (TPSA) is 58.6 Å². The molecule has 1 unspecified atom stereocenters. The highest BCUT2D eigenvalue weighted by molar-refractivity contribution is 6.99. The molecule has 0 saturated heterocycles. The Morgan fingerprint density at radius 2 is 1.62 bits per heavy atom. The lowest BCUT2D eigenvalue weighted by Gasteiger charge is -2.43. The van der Waals surface area contributed by atoms with Crippen LogP contribution in [0.15, 0.2) is 73.3 Å². The van der Waals surface area contributed by atoms with Crippen LogP contribution in [-0.2, 0) is 4.43 Å². The van der Waals surface area contributed by atoms with E-state index in [2.05, 4.69) is 81.2 Å². The van der Waals surface area contributed by atoms with Crippen LogP contribution >= 0.6 is 0 Å². The van der Waals surface area contributed by atoms with Gasteiger partial charge in [-0.05, 0) is 34.7 Å². The molecule has 2 aromatic carbocycles. The van der Waals surface area contributed by atoms with Crippen LogP contribution in [0.1, 0.15) is 40.0 Å². The zero-order valence-electron chi connectivity index (χ0n) is 17.7. The molecule has 1 atom stereocenters. The second-order valence-electron chi connectivity index (χ2n) is 8.32. The first-order chi connectivity index (χ1) is 13.8. The Balaban J connectivity index is 2.27. The molecule has 0 aliphatic carbocycles. The summed E-state index contributed by atoms with van der Waals surface area (Å²) in [5.41, 5.74) is 0. The van der Waals surface area contributed by atoms with Crippen molar-refractivity contribution in [1.29, 1.82) is 0 Å². The average molecular weight is 412 g/mol. The fourth-order valence-electron chi connectivity index (χ4n) is 3.94. The van der Waals surface area contributed by atoms with E-state index in [0.29, 0.717) is 13.0 Å². The molecule has 0 heterocycles. The number of hydrogen-bond acceptors (Lipinski definition) is 2. The van der Waals surface area contributed by atoms with Gasteiger partial charge in [0, 0.05) is 12.6 Å². The fourth-order valence-corrected chi connectivity index (χ4v) is 8.55. The third kappa shape index (κ3) is 5.81. The molecule has 2 aromatic rings. The molecule has 2 N–H and O–H groups in total. The Hall–Kier alpha value is -2.37. The number of rotatable bonds is 10. The maximum Gasteiger partial charge on any atom is 0.404 e. The summed E-state index contributed by atoms with van der Waals surface area (Å²) in [7, 11) is -2.53. The summed E-state index contributed by atoms with van der Waals surface area (Å²) in [5.74, 6) is 0. The van der Waals surface area contributed by atoms with E-state index in [1.165, 1.54) is 10.4 Å². The predicted octanol–water partition coefficient (Wildman–Crippen LogP) is 4.56. The van der Waals surface area contributed by atoms with E-state index in [0.717, 1.165) is 12.8 Å². The summed E-state index contributed by atoms with van der Waals surface area (Å²) >= 11 is 0. The van der Waals surface area contributed by atoms with E-state index in [1.54, 1.807) is 6.08 Å². The van der Waals surface area contributed by atoms with Gasteiger partial charge in [0.2, 0.25) is 0 Å². The predicted molar refractivity (Wildman–Crippen MR) is 123 cm³/mol. The fraction of sp³-hybridized carbons (Fsp3) is 0.375. The molecular weight excluding hydrogens is 378 g/mol. The summed E-state index contributed by atoms with van der Waals surface area (Å²) < 4.78 is 6.84. The van der Waals surface area contributed by atoms with Crippen molar-refractivity contribution < 1.29 is 14.3 Å². The quantitative estimate of drug-likeness (QED) is 0.342. The largest absolute Gasteiger partial charge is 0.465 e. The molecule has 1 amide bonds. The van der Waals surface area contributed by atoms with Crippen molar-refractivity contribution in [3.8, 4) is 0 Å². The normalized spacial score (nSPS) is 12.9. The SMILES string of the molecule is C=CCC(CCCO[Si](c1ccccc1)(c1ccccc1)C(C)(C)C)NC(=O)O. The second-order valence-corrected chi connectivity index (χ2v) is 12.6. The summed E-state index contributed by atoms with van der Waals surface area (Å²) in [5, 5.41) is 14.1. The lowest BCUT2D eigenvalue weighted by atomic mass is 10.1. The Morgan fingerprint density at radius 1 is 1.10 bits per heavy atom. The van der Waals surface area contributed by atoms with E-state index in [-0.39, 0.29) is 11.1 Å². The molecule has 0 bridgehead atoms. The van der Waals surface area contributed by atoms with Crippen molar-refractivity contribution in [1.82, 2.24) is 5.32 Å². The highest BCUT2D eigenvalue weighted by Crippen LogP contribution is 2.36. The van der Waals surface area contributed by atoms with Crippen LogP contribution in [0.2, 0.25) is 5.04 Å². The van der Waals surface area contributed by atoms with Gasteiger partial charge in [0.25, 0.3) is 8.32 Å². The first-order valence-electron chi connectivity index (χ1n) is 10.2. The summed E-state index contributed by atoms with van der Waals surface area (Å²) in [4.78, 5) is 11.0. The van der Waals surface area contributed by atoms with Gasteiger partial charge in [0.15, 0.2) is 0 Å². The van der Waals surface area contributed by atoms with E-state index in [4.69, 9.17) is 9.53 Å². The molecule has 156 valence electrons. The highest BCUT2D eigenvalue weighted by Gasteiger charge is 2.49. The van der Waals surface area contributed by atoms with E-state index >= 15 is 0 Å². The van der Waals surface area contributed by atoms with Crippen LogP contribution in [0.5, 0.6) is 0 Å². The van der Waals surface area contributed by atoms with Crippen molar-refractivity contribution in [2.24, 2.45) is 0 Å². The Bertz CT molecular complexity index is 732. The van der Waals surface area contributed by atoms with E-state index in [1.807, 2.05) is 12.1 Å². The zero-order valence-corrected chi connectivity index (χ0v) is 18.7. The van der Waals surface area contributed by atoms with Crippen LogP contribution in [0.3, 0.4) is 0 Å². The van der Waals surface area contributed by atoms with Crippen LogP contribution < -0.4 is 15.7 Å². The highest BCUT2D eigenvalue weighted by atomic mass is 28.4. The van der Waals surface area contributed by atoms with Crippen LogP contribution in [0, 0.1) is 0 Å². The third-order valence-corrected chi connectivity index (χ3v) is 10.3. The number of carbonyl (C=O) groups is 1. The van der Waals surface area contributed by atoms with E-state index in [9.17, 15) is 4.79 Å². The summed E-state index contributed by atoms with van der Waals surface area (Å²) in [6.45, 7) is 11.1. The van der Waals surface area contributed by atoms with Crippen molar-refractivity contribution in [3.63, 3.8) is 0 Å². The monoisotopic (exact) mass is 411 g/mol. The number of nitrogens with one attached hydrogen (secondary N) is 1. The van der Waals surface area contributed by atoms with Gasteiger partial charge in [0.1, 0.15) is 0 Å². The molecular formula is C24H33NO3Si. The molecule has 0 spiro atoms. The minimum absolute atomic E-state index is 0.0600. The van der Waals surface area contributed by atoms with Gasteiger partial charge >= 0.3 is 6.09 Å². The number of amides is 1. The molecule has 0 fully saturated rings. The van der Waals surface area contributed by atoms with Crippen LogP contribution in [0.25, 0.3) is 0 Å². The Morgan fingerprint density at radius 3 is 2.03 bits per heavy atom. The second kappa shape index (κ2) is 10.4. The first kappa shape index (κ1) is 22.9. The number of benzene rings is 2. The zero-order chi connectivity index (χ0) is 21.3. The molecule has 4 nitrogen and oxygen atoms in total. The van der Waals surface area contributed by atoms with Gasteiger partial charge < -0.3 is 14.8 Å². The van der Waals surface area contributed by atoms with Gasteiger partial charge in [-0.15, -0.1) is 6.58 Å². The Kier molecular flexibility index (Phi) is 8.23. The molecule has 5 heteroatoms. The van der Waals surface area contributed by atoms with Crippen LogP contribution in [-0.4, -0.2) is 32.2 Å². The molecule has 0 radical (unpaired) electrons. The van der Waals surface area contributed by atoms with Gasteiger partial charge in [-0.3, -0.25) is 0 Å². The maximum absolute atomic E-state index is 11.0. The van der Waals surface area contributed by atoms with Crippen molar-refractivity contribution >= 4 is 24.8 Å². The lowest BCUT2D eigenvalue weighted by molar-refractivity contribution is 0.188. The van der Waals surface area contributed by atoms with Crippen molar-refractivity contribution in [3.05, 3.63) is 73.3 Å². The van der Waals surface area contributed by atoms with E-state index < -0.39 is 14.4 Å². The average Bonchev–Trinajstić information content (AvgIpc) is 2.68. The van der Waals surface area contributed by atoms with Gasteiger partial charge in [-0.1, -0.05) is 87.5 Å².